The molecular formula is C13H11FN4OS. The molecule has 102 valence electrons. The fourth-order valence-corrected chi connectivity index (χ4v) is 2.52. The molecule has 0 amide bonds. The summed E-state index contributed by atoms with van der Waals surface area (Å²) in [7, 11) is 1.42. The van der Waals surface area contributed by atoms with Crippen molar-refractivity contribution in [2.45, 2.75) is 10.9 Å². The lowest BCUT2D eigenvalue weighted by Crippen LogP contribution is -2.00. The van der Waals surface area contributed by atoms with Crippen molar-refractivity contribution >= 4 is 17.4 Å². The van der Waals surface area contributed by atoms with E-state index in [2.05, 4.69) is 15.1 Å². The van der Waals surface area contributed by atoms with Crippen LogP contribution in [-0.2, 0) is 5.75 Å². The molecule has 0 spiro atoms. The Kier molecular flexibility index (Phi) is 3.51. The molecule has 3 aromatic rings. The molecule has 1 aromatic carbocycles. The highest BCUT2D eigenvalue weighted by molar-refractivity contribution is 7.98. The van der Waals surface area contributed by atoms with Crippen LogP contribution in [0.15, 0.2) is 41.6 Å². The van der Waals surface area contributed by atoms with Crippen molar-refractivity contribution in [2.75, 3.05) is 7.11 Å². The summed E-state index contributed by atoms with van der Waals surface area (Å²) >= 11 is 1.48. The number of fused-ring (bicyclic) bond motifs is 1. The molecule has 20 heavy (non-hydrogen) atoms. The quantitative estimate of drug-likeness (QED) is 0.546. The van der Waals surface area contributed by atoms with Gasteiger partial charge in [0.25, 0.3) is 0 Å². The largest absolute Gasteiger partial charge is 0.467 e. The lowest BCUT2D eigenvalue weighted by molar-refractivity contribution is 0.356. The fourth-order valence-electron chi connectivity index (χ4n) is 1.73. The SMILES string of the molecule is COc1nc(F)cc2nc(SCc3ccccc3)nn12. The molecule has 7 heteroatoms. The molecule has 2 heterocycles. The smallest absolute Gasteiger partial charge is 0.322 e. The van der Waals surface area contributed by atoms with Gasteiger partial charge in [0.15, 0.2) is 5.65 Å². The normalized spacial score (nSPS) is 10.9. The van der Waals surface area contributed by atoms with Gasteiger partial charge in [-0.15, -0.1) is 5.10 Å². The topological polar surface area (TPSA) is 52.3 Å². The molecule has 0 fully saturated rings. The summed E-state index contributed by atoms with van der Waals surface area (Å²) in [6.45, 7) is 0. The zero-order chi connectivity index (χ0) is 13.9. The van der Waals surface area contributed by atoms with Crippen LogP contribution in [0.1, 0.15) is 5.56 Å². The molecule has 0 N–H and O–H groups in total. The van der Waals surface area contributed by atoms with E-state index in [0.29, 0.717) is 10.8 Å². The van der Waals surface area contributed by atoms with Crippen LogP contribution in [0.2, 0.25) is 0 Å². The highest BCUT2D eigenvalue weighted by atomic mass is 32.2. The average molecular weight is 290 g/mol. The number of halogens is 1. The van der Waals surface area contributed by atoms with Gasteiger partial charge in [0, 0.05) is 11.8 Å². The predicted molar refractivity (Wildman–Crippen MR) is 73.3 cm³/mol. The second-order valence-corrected chi connectivity index (χ2v) is 4.95. The van der Waals surface area contributed by atoms with Crippen molar-refractivity contribution < 1.29 is 9.13 Å². The van der Waals surface area contributed by atoms with E-state index in [4.69, 9.17) is 4.74 Å². The summed E-state index contributed by atoms with van der Waals surface area (Å²) in [5, 5.41) is 4.81. The van der Waals surface area contributed by atoms with Crippen LogP contribution < -0.4 is 4.74 Å². The van der Waals surface area contributed by atoms with Crippen molar-refractivity contribution in [2.24, 2.45) is 0 Å². The van der Waals surface area contributed by atoms with Gasteiger partial charge in [-0.2, -0.15) is 13.9 Å². The van der Waals surface area contributed by atoms with Gasteiger partial charge >= 0.3 is 6.01 Å². The van der Waals surface area contributed by atoms with Crippen molar-refractivity contribution in [3.8, 4) is 6.01 Å². The van der Waals surface area contributed by atoms with Gasteiger partial charge in [0.1, 0.15) is 0 Å². The standard InChI is InChI=1S/C13H11FN4OS/c1-19-13-15-10(14)7-11-16-12(17-18(11)13)20-8-9-5-3-2-4-6-9/h2-7H,8H2,1H3. The Morgan fingerprint density at radius 3 is 2.80 bits per heavy atom. The van der Waals surface area contributed by atoms with Crippen LogP contribution in [0.25, 0.3) is 5.65 Å². The van der Waals surface area contributed by atoms with Crippen LogP contribution >= 0.6 is 11.8 Å². The first kappa shape index (κ1) is 12.9. The maximum absolute atomic E-state index is 13.3. The van der Waals surface area contributed by atoms with Gasteiger partial charge in [0.05, 0.1) is 7.11 Å². The number of aromatic nitrogens is 4. The summed E-state index contributed by atoms with van der Waals surface area (Å²) in [6, 6.07) is 11.3. The van der Waals surface area contributed by atoms with Gasteiger partial charge in [0.2, 0.25) is 11.1 Å². The van der Waals surface area contributed by atoms with Crippen LogP contribution in [-0.4, -0.2) is 26.7 Å². The lowest BCUT2D eigenvalue weighted by atomic mass is 10.2. The summed E-state index contributed by atoms with van der Waals surface area (Å²) in [4.78, 5) is 7.87. The molecule has 0 saturated heterocycles. The van der Waals surface area contributed by atoms with E-state index in [0.717, 1.165) is 5.75 Å². The third kappa shape index (κ3) is 2.57. The first-order chi connectivity index (χ1) is 9.76. The van der Waals surface area contributed by atoms with E-state index in [9.17, 15) is 4.39 Å². The molecule has 0 unspecified atom stereocenters. The molecule has 2 aromatic heterocycles. The van der Waals surface area contributed by atoms with E-state index in [1.807, 2.05) is 30.3 Å². The molecule has 0 aliphatic rings. The van der Waals surface area contributed by atoms with Crippen molar-refractivity contribution in [3.63, 3.8) is 0 Å². The second-order valence-electron chi connectivity index (χ2n) is 4.00. The Morgan fingerprint density at radius 1 is 1.25 bits per heavy atom. The van der Waals surface area contributed by atoms with Gasteiger partial charge in [-0.3, -0.25) is 0 Å². The molecule has 0 radical (unpaired) electrons. The first-order valence-corrected chi connectivity index (χ1v) is 6.89. The minimum absolute atomic E-state index is 0.0825. The Bertz CT molecular complexity index is 732. The number of hydrogen-bond donors (Lipinski definition) is 0. The summed E-state index contributed by atoms with van der Waals surface area (Å²) in [5.74, 6) is 0.108. The Balaban J connectivity index is 1.86. The molecule has 0 saturated carbocycles. The monoisotopic (exact) mass is 290 g/mol. The predicted octanol–water partition coefficient (Wildman–Crippen LogP) is 2.56. The number of rotatable bonds is 4. The van der Waals surface area contributed by atoms with E-state index in [1.165, 1.54) is 35.0 Å². The molecule has 5 nitrogen and oxygen atoms in total. The van der Waals surface area contributed by atoms with Crippen molar-refractivity contribution in [1.29, 1.82) is 0 Å². The zero-order valence-electron chi connectivity index (χ0n) is 10.7. The Labute approximate surface area is 118 Å². The fraction of sp³-hybridized carbons (Fsp3) is 0.154. The maximum Gasteiger partial charge on any atom is 0.322 e. The number of thioether (sulfide) groups is 1. The minimum Gasteiger partial charge on any atom is -0.467 e. The molecule has 3 rings (SSSR count). The van der Waals surface area contributed by atoms with Crippen LogP contribution in [0.3, 0.4) is 0 Å². The minimum atomic E-state index is -0.638. The molecular weight excluding hydrogens is 279 g/mol. The second kappa shape index (κ2) is 5.46. The van der Waals surface area contributed by atoms with Crippen molar-refractivity contribution in [3.05, 3.63) is 47.9 Å². The molecule has 0 aliphatic carbocycles. The maximum atomic E-state index is 13.3. The highest BCUT2D eigenvalue weighted by Gasteiger charge is 2.11. The van der Waals surface area contributed by atoms with Crippen LogP contribution in [0, 0.1) is 5.95 Å². The number of methoxy groups -OCH3 is 1. The number of ether oxygens (including phenoxy) is 1. The van der Waals surface area contributed by atoms with Gasteiger partial charge in [-0.1, -0.05) is 42.1 Å². The third-order valence-corrected chi connectivity index (χ3v) is 3.55. The summed E-state index contributed by atoms with van der Waals surface area (Å²) in [6.07, 6.45) is 0. The number of benzene rings is 1. The van der Waals surface area contributed by atoms with Gasteiger partial charge in [-0.25, -0.2) is 4.98 Å². The number of hydrogen-bond acceptors (Lipinski definition) is 5. The first-order valence-electron chi connectivity index (χ1n) is 5.90. The van der Waals surface area contributed by atoms with E-state index < -0.39 is 5.95 Å². The number of nitrogens with zero attached hydrogens (tertiary/aromatic N) is 4. The Hall–Kier alpha value is -2.15. The summed E-state index contributed by atoms with van der Waals surface area (Å²) < 4.78 is 19.6. The Morgan fingerprint density at radius 2 is 2.05 bits per heavy atom. The van der Waals surface area contributed by atoms with Gasteiger partial charge in [-0.05, 0) is 5.56 Å². The van der Waals surface area contributed by atoms with Crippen LogP contribution in [0.4, 0.5) is 4.39 Å². The van der Waals surface area contributed by atoms with E-state index >= 15 is 0 Å². The molecule has 0 bridgehead atoms. The van der Waals surface area contributed by atoms with Gasteiger partial charge < -0.3 is 4.74 Å². The average Bonchev–Trinajstić information content (AvgIpc) is 2.88. The van der Waals surface area contributed by atoms with Crippen LogP contribution in [0.5, 0.6) is 6.01 Å². The highest BCUT2D eigenvalue weighted by Crippen LogP contribution is 2.21. The zero-order valence-corrected chi connectivity index (χ0v) is 11.5. The van der Waals surface area contributed by atoms with Crippen molar-refractivity contribution in [1.82, 2.24) is 19.6 Å². The molecule has 0 atom stereocenters. The summed E-state index contributed by atoms with van der Waals surface area (Å²) in [5.41, 5.74) is 1.55. The van der Waals surface area contributed by atoms with E-state index in [1.54, 1.807) is 0 Å². The lowest BCUT2D eigenvalue weighted by Gasteiger charge is -1.99. The van der Waals surface area contributed by atoms with E-state index in [-0.39, 0.29) is 6.01 Å². The third-order valence-electron chi connectivity index (χ3n) is 2.64. The molecule has 0 aliphatic heterocycles.